The van der Waals surface area contributed by atoms with E-state index in [0.717, 1.165) is 5.69 Å². The third-order valence-electron chi connectivity index (χ3n) is 4.05. The Labute approximate surface area is 156 Å². The molecule has 3 aromatic rings. The maximum Gasteiger partial charge on any atom is 0.300 e. The van der Waals surface area contributed by atoms with Crippen molar-refractivity contribution in [2.45, 2.75) is 19.8 Å². The van der Waals surface area contributed by atoms with E-state index in [1.54, 1.807) is 28.8 Å². The predicted octanol–water partition coefficient (Wildman–Crippen LogP) is 1.33. The molecule has 1 aliphatic heterocycles. The van der Waals surface area contributed by atoms with Crippen LogP contribution in [-0.2, 0) is 9.59 Å². The molecule has 0 fully saturated rings. The standard InChI is InChI=1S/C17H14N6O3S/c1-9-8-27-17-19-16(26)14(22-23(9)17)10-4-2-3-5-11(10)18-15(25)12-6-7-13(24)21-20-12/h2-5,8H,6-7H2,1H3,(H,18,25)(H,21,24). The fourth-order valence-corrected chi connectivity index (χ4v) is 3.46. The van der Waals surface area contributed by atoms with Gasteiger partial charge in [0.1, 0.15) is 5.71 Å². The van der Waals surface area contributed by atoms with Gasteiger partial charge in [-0.05, 0) is 13.0 Å². The monoisotopic (exact) mass is 382 g/mol. The molecule has 3 heterocycles. The maximum absolute atomic E-state index is 12.5. The van der Waals surface area contributed by atoms with Crippen molar-refractivity contribution in [1.29, 1.82) is 0 Å². The number of hydrazone groups is 1. The zero-order chi connectivity index (χ0) is 19.0. The van der Waals surface area contributed by atoms with Crippen molar-refractivity contribution in [2.75, 3.05) is 5.32 Å². The van der Waals surface area contributed by atoms with Gasteiger partial charge >= 0.3 is 5.56 Å². The van der Waals surface area contributed by atoms with E-state index in [9.17, 15) is 14.4 Å². The van der Waals surface area contributed by atoms with E-state index in [1.165, 1.54) is 11.3 Å². The highest BCUT2D eigenvalue weighted by atomic mass is 32.1. The average molecular weight is 382 g/mol. The summed E-state index contributed by atoms with van der Waals surface area (Å²) < 4.78 is 1.60. The van der Waals surface area contributed by atoms with Crippen molar-refractivity contribution in [3.63, 3.8) is 0 Å². The maximum atomic E-state index is 12.5. The Balaban J connectivity index is 1.73. The molecule has 10 heteroatoms. The number of benzene rings is 1. The minimum atomic E-state index is -0.471. The van der Waals surface area contributed by atoms with Gasteiger partial charge in [0.2, 0.25) is 10.9 Å². The van der Waals surface area contributed by atoms with Gasteiger partial charge in [0.05, 0.1) is 11.4 Å². The van der Waals surface area contributed by atoms with Crippen molar-refractivity contribution in [1.82, 2.24) is 20.0 Å². The number of hydrogen-bond donors (Lipinski definition) is 2. The van der Waals surface area contributed by atoms with Crippen molar-refractivity contribution in [3.05, 3.63) is 45.7 Å². The number of carbonyl (C=O) groups excluding carboxylic acids is 2. The molecular formula is C17H14N6O3S. The topological polar surface area (TPSA) is 118 Å². The Kier molecular flexibility index (Phi) is 4.24. The predicted molar refractivity (Wildman–Crippen MR) is 101 cm³/mol. The Morgan fingerprint density at radius 1 is 1.26 bits per heavy atom. The normalized spacial score (nSPS) is 14.0. The number of fused-ring (bicyclic) bond motifs is 1. The van der Waals surface area contributed by atoms with E-state index >= 15 is 0 Å². The molecule has 0 aliphatic carbocycles. The molecule has 4 rings (SSSR count). The van der Waals surface area contributed by atoms with Gasteiger partial charge in [-0.15, -0.1) is 11.3 Å². The highest BCUT2D eigenvalue weighted by Gasteiger charge is 2.20. The number of aryl methyl sites for hydroxylation is 1. The second kappa shape index (κ2) is 6.72. The van der Waals surface area contributed by atoms with Crippen LogP contribution in [0.1, 0.15) is 18.5 Å². The van der Waals surface area contributed by atoms with Crippen LogP contribution in [0.25, 0.3) is 16.2 Å². The first-order valence-electron chi connectivity index (χ1n) is 8.14. The van der Waals surface area contributed by atoms with Crippen LogP contribution in [0.5, 0.6) is 0 Å². The van der Waals surface area contributed by atoms with E-state index in [1.807, 2.05) is 12.3 Å². The number of carbonyl (C=O) groups is 2. The lowest BCUT2D eigenvalue weighted by Gasteiger charge is -2.14. The summed E-state index contributed by atoms with van der Waals surface area (Å²) in [6, 6.07) is 6.86. The first kappa shape index (κ1) is 17.0. The molecule has 2 N–H and O–H groups in total. The first-order valence-corrected chi connectivity index (χ1v) is 9.02. The fraction of sp³-hybridized carbons (Fsp3) is 0.176. The number of amides is 2. The molecular weight excluding hydrogens is 368 g/mol. The summed E-state index contributed by atoms with van der Waals surface area (Å²) in [5.74, 6) is -0.669. The van der Waals surface area contributed by atoms with Gasteiger partial charge in [-0.3, -0.25) is 14.4 Å². The molecule has 0 unspecified atom stereocenters. The molecule has 1 aromatic carbocycles. The molecule has 136 valence electrons. The molecule has 0 atom stereocenters. The molecule has 0 radical (unpaired) electrons. The Hall–Kier alpha value is -3.40. The molecule has 27 heavy (non-hydrogen) atoms. The molecule has 0 saturated heterocycles. The van der Waals surface area contributed by atoms with Gasteiger partial charge in [0, 0.05) is 23.8 Å². The summed E-state index contributed by atoms with van der Waals surface area (Å²) in [6.45, 7) is 1.87. The Morgan fingerprint density at radius 2 is 2.07 bits per heavy atom. The lowest BCUT2D eigenvalue weighted by Crippen LogP contribution is -2.33. The zero-order valence-corrected chi connectivity index (χ0v) is 15.0. The van der Waals surface area contributed by atoms with Crippen LogP contribution in [0, 0.1) is 6.92 Å². The summed E-state index contributed by atoms with van der Waals surface area (Å²) in [5.41, 5.74) is 3.92. The summed E-state index contributed by atoms with van der Waals surface area (Å²) in [4.78, 5) is 40.7. The number of nitrogens with one attached hydrogen (secondary N) is 2. The van der Waals surface area contributed by atoms with Crippen LogP contribution >= 0.6 is 11.3 Å². The van der Waals surface area contributed by atoms with E-state index in [2.05, 4.69) is 25.9 Å². The number of anilines is 1. The van der Waals surface area contributed by atoms with Crippen molar-refractivity contribution in [3.8, 4) is 11.3 Å². The number of rotatable bonds is 3. The molecule has 0 saturated carbocycles. The quantitative estimate of drug-likeness (QED) is 0.709. The van der Waals surface area contributed by atoms with Crippen molar-refractivity contribution >= 4 is 39.5 Å². The average Bonchev–Trinajstić information content (AvgIpc) is 3.02. The summed E-state index contributed by atoms with van der Waals surface area (Å²) in [5, 5.41) is 12.8. The molecule has 1 aliphatic rings. The lowest BCUT2D eigenvalue weighted by molar-refractivity contribution is -0.121. The second-order valence-electron chi connectivity index (χ2n) is 5.93. The van der Waals surface area contributed by atoms with Crippen molar-refractivity contribution < 1.29 is 9.59 Å². The molecule has 0 spiro atoms. The van der Waals surface area contributed by atoms with Crippen LogP contribution in [0.15, 0.2) is 39.5 Å². The van der Waals surface area contributed by atoms with Crippen LogP contribution in [0.4, 0.5) is 5.69 Å². The second-order valence-corrected chi connectivity index (χ2v) is 6.77. The number of aromatic nitrogens is 3. The summed E-state index contributed by atoms with van der Waals surface area (Å²) in [7, 11) is 0. The van der Waals surface area contributed by atoms with Crippen LogP contribution in [-0.4, -0.2) is 32.1 Å². The first-order chi connectivity index (χ1) is 13.0. The number of nitrogens with zero attached hydrogens (tertiary/aromatic N) is 4. The van der Waals surface area contributed by atoms with Gasteiger partial charge < -0.3 is 5.32 Å². The van der Waals surface area contributed by atoms with E-state index in [4.69, 9.17) is 0 Å². The SMILES string of the molecule is Cc1csc2nc(=O)c(-c3ccccc3NC(=O)C3=NNC(=O)CC3)nn12. The van der Waals surface area contributed by atoms with E-state index in [0.29, 0.717) is 16.2 Å². The lowest BCUT2D eigenvalue weighted by atomic mass is 10.1. The minimum absolute atomic E-state index is 0.142. The number of thiazole rings is 1. The van der Waals surface area contributed by atoms with E-state index < -0.39 is 11.5 Å². The zero-order valence-electron chi connectivity index (χ0n) is 14.2. The van der Waals surface area contributed by atoms with Crippen LogP contribution < -0.4 is 16.3 Å². The highest BCUT2D eigenvalue weighted by Crippen LogP contribution is 2.25. The molecule has 2 amide bonds. The van der Waals surface area contributed by atoms with E-state index in [-0.39, 0.29) is 30.2 Å². The largest absolute Gasteiger partial charge is 0.320 e. The molecule has 9 nitrogen and oxygen atoms in total. The van der Waals surface area contributed by atoms with Crippen LogP contribution in [0.2, 0.25) is 0 Å². The van der Waals surface area contributed by atoms with Gasteiger partial charge in [-0.1, -0.05) is 18.2 Å². The van der Waals surface area contributed by atoms with Gasteiger partial charge in [-0.25, -0.2) is 9.94 Å². The Bertz CT molecular complexity index is 1160. The van der Waals surface area contributed by atoms with Gasteiger partial charge in [0.15, 0.2) is 5.69 Å². The number of para-hydroxylation sites is 1. The third kappa shape index (κ3) is 3.22. The fourth-order valence-electron chi connectivity index (χ4n) is 2.67. The van der Waals surface area contributed by atoms with Gasteiger partial charge in [0.25, 0.3) is 5.91 Å². The molecule has 0 bridgehead atoms. The van der Waals surface area contributed by atoms with Crippen molar-refractivity contribution in [2.24, 2.45) is 5.10 Å². The summed E-state index contributed by atoms with van der Waals surface area (Å²) in [6.07, 6.45) is 0.456. The van der Waals surface area contributed by atoms with Crippen LogP contribution in [0.3, 0.4) is 0 Å². The summed E-state index contributed by atoms with van der Waals surface area (Å²) >= 11 is 1.34. The molecule has 2 aromatic heterocycles. The minimum Gasteiger partial charge on any atom is -0.320 e. The third-order valence-corrected chi connectivity index (χ3v) is 4.98. The van der Waals surface area contributed by atoms with Gasteiger partial charge in [-0.2, -0.15) is 15.2 Å². The smallest absolute Gasteiger partial charge is 0.300 e. The Morgan fingerprint density at radius 3 is 2.85 bits per heavy atom. The highest BCUT2D eigenvalue weighted by molar-refractivity contribution is 7.15. The number of hydrogen-bond acceptors (Lipinski definition) is 7.